The van der Waals surface area contributed by atoms with Crippen molar-refractivity contribution in [2.45, 2.75) is 24.5 Å². The van der Waals surface area contributed by atoms with Gasteiger partial charge in [0.05, 0.1) is 19.0 Å². The molecule has 144 valence electrons. The van der Waals surface area contributed by atoms with Crippen LogP contribution in [0, 0.1) is 11.8 Å². The van der Waals surface area contributed by atoms with Gasteiger partial charge in [0, 0.05) is 12.6 Å². The molecule has 0 bridgehead atoms. The maximum atomic E-state index is 10.4. The van der Waals surface area contributed by atoms with Crippen molar-refractivity contribution in [2.24, 2.45) is 5.73 Å². The lowest BCUT2D eigenvalue weighted by atomic mass is 10.1. The molecule has 9 heteroatoms. The van der Waals surface area contributed by atoms with Gasteiger partial charge in [-0.05, 0) is 18.1 Å². The van der Waals surface area contributed by atoms with Crippen LogP contribution in [0.5, 0.6) is 0 Å². The number of nitrogens with two attached hydrogens (primary N) is 1. The topological polar surface area (TPSA) is 131 Å². The Morgan fingerprint density at radius 1 is 1.25 bits per heavy atom. The Morgan fingerprint density at radius 3 is 2.71 bits per heavy atom. The molecule has 1 aliphatic rings. The molecule has 4 atom stereocenters. The number of anilines is 1. The van der Waals surface area contributed by atoms with Crippen molar-refractivity contribution in [2.75, 3.05) is 19.0 Å². The standard InChI is InChI=1S/C19H20N6O3/c1-21-17-15-18(24-13(23-17)8-7-11-5-3-2-4-6-11)25(10-22-15)19-16(27)14(20)12(9-26)28-19/h2-6,10,12,14,16,19,26-27H,9,20H2,1H3,(H,21,23,24)/t12-,14-,16-,19-/m1/s1. The van der Waals surface area contributed by atoms with Gasteiger partial charge in [-0.1, -0.05) is 24.1 Å². The first kappa shape index (κ1) is 18.3. The fourth-order valence-electron chi connectivity index (χ4n) is 3.14. The van der Waals surface area contributed by atoms with E-state index >= 15 is 0 Å². The Kier molecular flexibility index (Phi) is 4.93. The number of imidazole rings is 1. The van der Waals surface area contributed by atoms with Gasteiger partial charge in [0.1, 0.15) is 12.2 Å². The van der Waals surface area contributed by atoms with Crippen LogP contribution in [0.25, 0.3) is 11.2 Å². The van der Waals surface area contributed by atoms with Crippen molar-refractivity contribution in [1.82, 2.24) is 19.5 Å². The molecule has 1 aliphatic heterocycles. The maximum absolute atomic E-state index is 10.4. The Bertz CT molecular complexity index is 1040. The molecule has 1 saturated heterocycles. The van der Waals surface area contributed by atoms with Gasteiger partial charge >= 0.3 is 0 Å². The number of hydrogen-bond acceptors (Lipinski definition) is 8. The lowest BCUT2D eigenvalue weighted by Crippen LogP contribution is -2.41. The minimum atomic E-state index is -1.01. The Hall–Kier alpha value is -3.03. The second-order valence-electron chi connectivity index (χ2n) is 6.40. The number of rotatable bonds is 3. The predicted octanol–water partition coefficient (Wildman–Crippen LogP) is -0.154. The Morgan fingerprint density at radius 2 is 2.04 bits per heavy atom. The summed E-state index contributed by atoms with van der Waals surface area (Å²) in [7, 11) is 1.73. The first-order valence-corrected chi connectivity index (χ1v) is 8.81. The zero-order chi connectivity index (χ0) is 19.7. The molecular weight excluding hydrogens is 360 g/mol. The minimum absolute atomic E-state index is 0.286. The van der Waals surface area contributed by atoms with Gasteiger partial charge < -0.3 is 26.0 Å². The zero-order valence-corrected chi connectivity index (χ0v) is 15.1. The maximum Gasteiger partial charge on any atom is 0.209 e. The van der Waals surface area contributed by atoms with Crippen molar-refractivity contribution in [3.63, 3.8) is 0 Å². The molecule has 0 radical (unpaired) electrons. The SMILES string of the molecule is CNc1nc(C#Cc2ccccc2)nc2c1ncn2[C@@H]1O[C@H](CO)[C@@H](N)[C@H]1O. The molecule has 0 aliphatic carbocycles. The van der Waals surface area contributed by atoms with Crippen molar-refractivity contribution < 1.29 is 14.9 Å². The number of fused-ring (bicyclic) bond motifs is 1. The summed E-state index contributed by atoms with van der Waals surface area (Å²) in [6.45, 7) is -0.286. The van der Waals surface area contributed by atoms with Gasteiger partial charge in [-0.25, -0.2) is 15.0 Å². The van der Waals surface area contributed by atoms with Crippen molar-refractivity contribution in [1.29, 1.82) is 0 Å². The monoisotopic (exact) mass is 380 g/mol. The number of nitrogens with one attached hydrogen (secondary N) is 1. The van der Waals surface area contributed by atoms with Gasteiger partial charge in [0.15, 0.2) is 23.2 Å². The molecular formula is C19H20N6O3. The van der Waals surface area contributed by atoms with E-state index in [1.165, 1.54) is 6.33 Å². The Labute approximate surface area is 161 Å². The molecule has 1 fully saturated rings. The number of hydrogen-bond donors (Lipinski definition) is 4. The third kappa shape index (κ3) is 3.19. The smallest absolute Gasteiger partial charge is 0.209 e. The number of aliphatic hydroxyl groups is 2. The van der Waals surface area contributed by atoms with Crippen molar-refractivity contribution in [3.8, 4) is 11.8 Å². The van der Waals surface area contributed by atoms with E-state index in [2.05, 4.69) is 32.1 Å². The molecule has 2 aromatic heterocycles. The largest absolute Gasteiger partial charge is 0.394 e. The highest BCUT2D eigenvalue weighted by Crippen LogP contribution is 2.31. The van der Waals surface area contributed by atoms with Crippen LogP contribution in [0.2, 0.25) is 0 Å². The van der Waals surface area contributed by atoms with Crippen LogP contribution in [0.1, 0.15) is 17.6 Å². The third-order valence-electron chi connectivity index (χ3n) is 4.63. The number of ether oxygens (including phenoxy) is 1. The summed E-state index contributed by atoms with van der Waals surface area (Å²) in [5, 5.41) is 22.8. The average Bonchev–Trinajstić information content (AvgIpc) is 3.27. The number of aromatic nitrogens is 4. The summed E-state index contributed by atoms with van der Waals surface area (Å²) >= 11 is 0. The van der Waals surface area contributed by atoms with Gasteiger partial charge in [-0.15, -0.1) is 0 Å². The van der Waals surface area contributed by atoms with E-state index in [4.69, 9.17) is 10.5 Å². The molecule has 0 unspecified atom stereocenters. The van der Waals surface area contributed by atoms with E-state index in [9.17, 15) is 10.2 Å². The summed E-state index contributed by atoms with van der Waals surface area (Å²) in [6, 6.07) is 8.81. The predicted molar refractivity (Wildman–Crippen MR) is 102 cm³/mol. The Balaban J connectivity index is 1.77. The normalized spacial score (nSPS) is 24.1. The molecule has 28 heavy (non-hydrogen) atoms. The number of nitrogens with zero attached hydrogens (tertiary/aromatic N) is 4. The number of aliphatic hydroxyl groups excluding tert-OH is 2. The molecule has 0 spiro atoms. The molecule has 3 aromatic rings. The summed E-state index contributed by atoms with van der Waals surface area (Å²) < 4.78 is 7.30. The second kappa shape index (κ2) is 7.53. The number of benzene rings is 1. The minimum Gasteiger partial charge on any atom is -0.394 e. The van der Waals surface area contributed by atoms with Crippen LogP contribution < -0.4 is 11.1 Å². The van der Waals surface area contributed by atoms with Gasteiger partial charge in [0.2, 0.25) is 5.82 Å². The average molecular weight is 380 g/mol. The van der Waals surface area contributed by atoms with E-state index in [1.807, 2.05) is 30.3 Å². The first-order valence-electron chi connectivity index (χ1n) is 8.81. The summed E-state index contributed by atoms with van der Waals surface area (Å²) in [4.78, 5) is 13.2. The fraction of sp³-hybridized carbons (Fsp3) is 0.316. The fourth-order valence-corrected chi connectivity index (χ4v) is 3.14. The van der Waals surface area contributed by atoms with Crippen LogP contribution >= 0.6 is 0 Å². The molecule has 4 rings (SSSR count). The highest BCUT2D eigenvalue weighted by atomic mass is 16.5. The molecule has 0 amide bonds. The van der Waals surface area contributed by atoms with Gasteiger partial charge in [-0.3, -0.25) is 4.57 Å². The molecule has 1 aromatic carbocycles. The second-order valence-corrected chi connectivity index (χ2v) is 6.40. The highest BCUT2D eigenvalue weighted by molar-refractivity contribution is 5.83. The van der Waals surface area contributed by atoms with Crippen LogP contribution in [-0.2, 0) is 4.74 Å². The molecule has 3 heterocycles. The van der Waals surface area contributed by atoms with E-state index < -0.39 is 24.5 Å². The zero-order valence-electron chi connectivity index (χ0n) is 15.1. The van der Waals surface area contributed by atoms with E-state index in [0.717, 1.165) is 5.56 Å². The van der Waals surface area contributed by atoms with Crippen LogP contribution in [0.15, 0.2) is 36.7 Å². The summed E-state index contributed by atoms with van der Waals surface area (Å²) in [5.74, 6) is 6.79. The van der Waals surface area contributed by atoms with Crippen molar-refractivity contribution in [3.05, 3.63) is 48.0 Å². The van der Waals surface area contributed by atoms with E-state index in [-0.39, 0.29) is 6.61 Å². The van der Waals surface area contributed by atoms with Crippen LogP contribution in [0.4, 0.5) is 5.82 Å². The summed E-state index contributed by atoms with van der Waals surface area (Å²) in [5.41, 5.74) is 7.75. The van der Waals surface area contributed by atoms with E-state index in [0.29, 0.717) is 22.8 Å². The summed E-state index contributed by atoms with van der Waals surface area (Å²) in [6.07, 6.45) is -0.983. The van der Waals surface area contributed by atoms with Crippen LogP contribution in [0.3, 0.4) is 0 Å². The highest BCUT2D eigenvalue weighted by Gasteiger charge is 2.42. The molecule has 5 N–H and O–H groups in total. The lowest BCUT2D eigenvalue weighted by Gasteiger charge is -2.17. The quantitative estimate of drug-likeness (QED) is 0.461. The van der Waals surface area contributed by atoms with Crippen LogP contribution in [-0.4, -0.2) is 61.6 Å². The molecule has 9 nitrogen and oxygen atoms in total. The van der Waals surface area contributed by atoms with Crippen molar-refractivity contribution >= 4 is 17.0 Å². The van der Waals surface area contributed by atoms with Gasteiger partial charge in [0.25, 0.3) is 0 Å². The van der Waals surface area contributed by atoms with E-state index in [1.54, 1.807) is 11.6 Å². The lowest BCUT2D eigenvalue weighted by molar-refractivity contribution is -0.0488. The van der Waals surface area contributed by atoms with Gasteiger partial charge in [-0.2, -0.15) is 0 Å². The molecule has 0 saturated carbocycles. The third-order valence-corrected chi connectivity index (χ3v) is 4.63. The first-order chi connectivity index (χ1) is 13.6.